The van der Waals surface area contributed by atoms with E-state index in [4.69, 9.17) is 0 Å². The highest BCUT2D eigenvalue weighted by Gasteiger charge is 2.12. The van der Waals surface area contributed by atoms with Crippen molar-refractivity contribution < 1.29 is 0 Å². The van der Waals surface area contributed by atoms with E-state index in [9.17, 15) is 0 Å². The molecular weight excluding hydrogens is 291 g/mol. The molecule has 1 aliphatic rings. The van der Waals surface area contributed by atoms with Gasteiger partial charge in [-0.05, 0) is 35.7 Å². The Labute approximate surface area is 133 Å². The minimum Gasteiger partial charge on any atom is -0.315 e. The molecule has 0 spiro atoms. The topological polar surface area (TPSA) is 24.1 Å². The van der Waals surface area contributed by atoms with Gasteiger partial charge in [0.1, 0.15) is 0 Å². The van der Waals surface area contributed by atoms with E-state index in [0.717, 1.165) is 13.1 Å². The Morgan fingerprint density at radius 3 is 2.65 bits per heavy atom. The van der Waals surface area contributed by atoms with Gasteiger partial charge in [0.25, 0.3) is 0 Å². The molecular formula is C16H22Cl2N2. The lowest BCUT2D eigenvalue weighted by Crippen LogP contribution is -2.42. The van der Waals surface area contributed by atoms with Crippen molar-refractivity contribution in [1.82, 2.24) is 10.6 Å². The lowest BCUT2D eigenvalue weighted by Gasteiger charge is -2.24. The van der Waals surface area contributed by atoms with Crippen LogP contribution in [0.3, 0.4) is 0 Å². The monoisotopic (exact) mass is 312 g/mol. The maximum absolute atomic E-state index is 3.67. The molecule has 2 nitrogen and oxygen atoms in total. The van der Waals surface area contributed by atoms with Crippen molar-refractivity contribution in [3.63, 3.8) is 0 Å². The van der Waals surface area contributed by atoms with Gasteiger partial charge in [-0.15, -0.1) is 24.8 Å². The molecule has 2 aromatic rings. The highest BCUT2D eigenvalue weighted by atomic mass is 35.5. The predicted octanol–water partition coefficient (Wildman–Crippen LogP) is 3.53. The van der Waals surface area contributed by atoms with Crippen molar-refractivity contribution >= 4 is 35.6 Å². The number of piperidine rings is 1. The summed E-state index contributed by atoms with van der Waals surface area (Å²) in [4.78, 5) is 0. The van der Waals surface area contributed by atoms with Gasteiger partial charge < -0.3 is 10.6 Å². The van der Waals surface area contributed by atoms with Crippen LogP contribution >= 0.6 is 24.8 Å². The molecule has 1 fully saturated rings. The van der Waals surface area contributed by atoms with Gasteiger partial charge >= 0.3 is 0 Å². The van der Waals surface area contributed by atoms with Crippen LogP contribution in [-0.2, 0) is 6.54 Å². The molecule has 0 bridgehead atoms. The zero-order chi connectivity index (χ0) is 12.2. The number of hydrogen-bond acceptors (Lipinski definition) is 2. The second-order valence-corrected chi connectivity index (χ2v) is 5.06. The highest BCUT2D eigenvalue weighted by molar-refractivity contribution is 5.86. The molecule has 0 radical (unpaired) electrons. The average Bonchev–Trinajstić information content (AvgIpc) is 2.46. The van der Waals surface area contributed by atoms with Gasteiger partial charge in [0.15, 0.2) is 0 Å². The molecule has 20 heavy (non-hydrogen) atoms. The average molecular weight is 313 g/mol. The first kappa shape index (κ1) is 17.3. The van der Waals surface area contributed by atoms with Crippen LogP contribution in [0.2, 0.25) is 0 Å². The number of benzene rings is 2. The first-order chi connectivity index (χ1) is 8.93. The summed E-state index contributed by atoms with van der Waals surface area (Å²) in [5.41, 5.74) is 1.40. The van der Waals surface area contributed by atoms with Gasteiger partial charge in [0.05, 0.1) is 0 Å². The molecule has 2 N–H and O–H groups in total. The molecule has 1 atom stereocenters. The van der Waals surface area contributed by atoms with Crippen LogP contribution in [0, 0.1) is 0 Å². The summed E-state index contributed by atoms with van der Waals surface area (Å²) in [6, 6.07) is 15.8. The van der Waals surface area contributed by atoms with Crippen LogP contribution in [0.15, 0.2) is 42.5 Å². The van der Waals surface area contributed by atoms with Gasteiger partial charge in [0.2, 0.25) is 0 Å². The summed E-state index contributed by atoms with van der Waals surface area (Å²) < 4.78 is 0. The minimum atomic E-state index is 0. The Morgan fingerprint density at radius 2 is 1.85 bits per heavy atom. The van der Waals surface area contributed by atoms with Gasteiger partial charge in [-0.3, -0.25) is 0 Å². The Kier molecular flexibility index (Phi) is 7.31. The van der Waals surface area contributed by atoms with E-state index >= 15 is 0 Å². The molecule has 3 rings (SSSR count). The third-order valence-corrected chi connectivity index (χ3v) is 3.76. The summed E-state index contributed by atoms with van der Waals surface area (Å²) in [7, 11) is 0. The first-order valence-electron chi connectivity index (χ1n) is 6.84. The lowest BCUT2D eigenvalue weighted by molar-refractivity contribution is 0.389. The maximum atomic E-state index is 3.67. The van der Waals surface area contributed by atoms with E-state index in [-0.39, 0.29) is 24.8 Å². The number of hydrogen-bond donors (Lipinski definition) is 2. The highest BCUT2D eigenvalue weighted by Crippen LogP contribution is 2.18. The molecule has 0 saturated carbocycles. The van der Waals surface area contributed by atoms with Gasteiger partial charge in [0, 0.05) is 19.1 Å². The number of rotatable bonds is 3. The van der Waals surface area contributed by atoms with Crippen LogP contribution in [0.25, 0.3) is 10.8 Å². The fourth-order valence-electron chi connectivity index (χ4n) is 2.73. The maximum Gasteiger partial charge on any atom is 0.0214 e. The van der Waals surface area contributed by atoms with Crippen LogP contribution in [0.5, 0.6) is 0 Å². The van der Waals surface area contributed by atoms with E-state index in [0.29, 0.717) is 6.04 Å². The third-order valence-electron chi connectivity index (χ3n) is 3.76. The summed E-state index contributed by atoms with van der Waals surface area (Å²) in [6.07, 6.45) is 2.57. The number of halogens is 2. The van der Waals surface area contributed by atoms with E-state index in [2.05, 4.69) is 53.1 Å². The molecule has 0 aromatic heterocycles. The molecule has 1 unspecified atom stereocenters. The van der Waals surface area contributed by atoms with Crippen molar-refractivity contribution in [2.45, 2.75) is 25.4 Å². The summed E-state index contributed by atoms with van der Waals surface area (Å²) in [5.74, 6) is 0. The molecule has 4 heteroatoms. The Morgan fingerprint density at radius 1 is 1.05 bits per heavy atom. The van der Waals surface area contributed by atoms with Crippen molar-refractivity contribution in [3.05, 3.63) is 48.0 Å². The third kappa shape index (κ3) is 4.10. The second-order valence-electron chi connectivity index (χ2n) is 5.06. The van der Waals surface area contributed by atoms with Crippen LogP contribution in [0.4, 0.5) is 0 Å². The smallest absolute Gasteiger partial charge is 0.0214 e. The molecule has 1 heterocycles. The van der Waals surface area contributed by atoms with Crippen molar-refractivity contribution in [3.8, 4) is 0 Å². The standard InChI is InChI=1S/C16H20N2.2ClH/c1-2-9-16-13(5-1)6-3-7-14(16)11-18-15-8-4-10-17-12-15;;/h1-3,5-7,9,15,17-18H,4,8,10-12H2;2*1H. The van der Waals surface area contributed by atoms with E-state index < -0.39 is 0 Å². The number of fused-ring (bicyclic) bond motifs is 1. The largest absolute Gasteiger partial charge is 0.315 e. The lowest BCUT2D eigenvalue weighted by atomic mass is 10.0. The minimum absolute atomic E-state index is 0. The van der Waals surface area contributed by atoms with Crippen LogP contribution in [-0.4, -0.2) is 19.1 Å². The van der Waals surface area contributed by atoms with Crippen LogP contribution in [0.1, 0.15) is 18.4 Å². The zero-order valence-corrected chi connectivity index (χ0v) is 13.1. The van der Waals surface area contributed by atoms with E-state index in [1.807, 2.05) is 0 Å². The van der Waals surface area contributed by atoms with E-state index in [1.54, 1.807) is 0 Å². The predicted molar refractivity (Wildman–Crippen MR) is 91.2 cm³/mol. The summed E-state index contributed by atoms with van der Waals surface area (Å²) in [5, 5.41) is 9.82. The normalized spacial score (nSPS) is 18.1. The van der Waals surface area contributed by atoms with Crippen molar-refractivity contribution in [2.75, 3.05) is 13.1 Å². The molecule has 110 valence electrons. The SMILES string of the molecule is Cl.Cl.c1ccc2c(CNC3CCCNC3)cccc2c1. The fraction of sp³-hybridized carbons (Fsp3) is 0.375. The quantitative estimate of drug-likeness (QED) is 0.906. The van der Waals surface area contributed by atoms with E-state index in [1.165, 1.54) is 35.7 Å². The first-order valence-corrected chi connectivity index (χ1v) is 6.84. The molecule has 1 saturated heterocycles. The molecule has 1 aliphatic heterocycles. The fourth-order valence-corrected chi connectivity index (χ4v) is 2.73. The van der Waals surface area contributed by atoms with Gasteiger partial charge in [-0.1, -0.05) is 42.5 Å². The molecule has 0 amide bonds. The van der Waals surface area contributed by atoms with Gasteiger partial charge in [-0.2, -0.15) is 0 Å². The Bertz CT molecular complexity index is 519. The second kappa shape index (κ2) is 8.48. The van der Waals surface area contributed by atoms with Crippen molar-refractivity contribution in [2.24, 2.45) is 0 Å². The summed E-state index contributed by atoms with van der Waals surface area (Å²) in [6.45, 7) is 3.24. The van der Waals surface area contributed by atoms with Crippen molar-refractivity contribution in [1.29, 1.82) is 0 Å². The molecule has 2 aromatic carbocycles. The van der Waals surface area contributed by atoms with Crippen LogP contribution < -0.4 is 10.6 Å². The number of nitrogens with one attached hydrogen (secondary N) is 2. The zero-order valence-electron chi connectivity index (χ0n) is 11.5. The Balaban J connectivity index is 0.000001000. The Hall–Kier alpha value is -0.800. The summed E-state index contributed by atoms with van der Waals surface area (Å²) >= 11 is 0. The molecule has 0 aliphatic carbocycles. The van der Waals surface area contributed by atoms with Gasteiger partial charge in [-0.25, -0.2) is 0 Å².